The molecule has 8 heteroatoms. The molecule has 1 aromatic rings. The van der Waals surface area contributed by atoms with Crippen molar-refractivity contribution >= 4 is 35.2 Å². The van der Waals surface area contributed by atoms with Crippen LogP contribution in [0.1, 0.15) is 18.4 Å². The lowest BCUT2D eigenvalue weighted by atomic mass is 9.98. The number of nitrogens with one attached hydrogen (secondary N) is 1. The van der Waals surface area contributed by atoms with Crippen molar-refractivity contribution in [1.82, 2.24) is 15.1 Å². The van der Waals surface area contributed by atoms with E-state index in [0.717, 1.165) is 24.9 Å². The largest absolute Gasteiger partial charge is 0.453 e. The summed E-state index contributed by atoms with van der Waals surface area (Å²) < 4.78 is 4.87. The smallest absolute Gasteiger partial charge is 0.409 e. The van der Waals surface area contributed by atoms with E-state index in [1.165, 1.54) is 7.11 Å². The molecular formula is C20H25Cl2N3O3. The molecule has 0 aromatic heterocycles. The zero-order valence-corrected chi connectivity index (χ0v) is 17.4. The van der Waals surface area contributed by atoms with Gasteiger partial charge in [-0.25, -0.2) is 4.79 Å². The predicted molar refractivity (Wildman–Crippen MR) is 110 cm³/mol. The molecule has 152 valence electrons. The molecule has 28 heavy (non-hydrogen) atoms. The molecule has 1 saturated heterocycles. The number of carbonyl (C=O) groups is 2. The van der Waals surface area contributed by atoms with Crippen LogP contribution in [0.25, 0.3) is 0 Å². The van der Waals surface area contributed by atoms with Crippen LogP contribution in [0.15, 0.2) is 30.4 Å². The second kappa shape index (κ2) is 9.63. The van der Waals surface area contributed by atoms with Crippen molar-refractivity contribution in [2.45, 2.75) is 31.3 Å². The summed E-state index contributed by atoms with van der Waals surface area (Å²) in [5.74, 6) is 0.0271. The van der Waals surface area contributed by atoms with E-state index < -0.39 is 0 Å². The molecule has 6 nitrogen and oxygen atoms in total. The van der Waals surface area contributed by atoms with E-state index in [-0.39, 0.29) is 30.5 Å². The van der Waals surface area contributed by atoms with E-state index in [2.05, 4.69) is 17.5 Å². The Morgan fingerprint density at radius 1 is 1.21 bits per heavy atom. The number of amides is 2. The average molecular weight is 426 g/mol. The number of ether oxygens (including phenoxy) is 1. The number of piperazine rings is 1. The maximum Gasteiger partial charge on any atom is 0.409 e. The minimum atomic E-state index is -0.349. The Morgan fingerprint density at radius 2 is 2.04 bits per heavy atom. The zero-order valence-electron chi connectivity index (χ0n) is 15.9. The fraction of sp³-hybridized carbons (Fsp3) is 0.500. The molecule has 0 radical (unpaired) electrons. The van der Waals surface area contributed by atoms with Crippen molar-refractivity contribution in [3.63, 3.8) is 0 Å². The molecule has 0 saturated carbocycles. The summed E-state index contributed by atoms with van der Waals surface area (Å²) in [6.45, 7) is 2.26. The van der Waals surface area contributed by atoms with E-state index in [1.807, 2.05) is 11.0 Å². The van der Waals surface area contributed by atoms with Gasteiger partial charge < -0.3 is 19.9 Å². The second-order valence-electron chi connectivity index (χ2n) is 7.13. The lowest BCUT2D eigenvalue weighted by Gasteiger charge is -2.42. The van der Waals surface area contributed by atoms with Crippen LogP contribution < -0.4 is 5.32 Å². The van der Waals surface area contributed by atoms with Crippen molar-refractivity contribution in [2.75, 3.05) is 33.3 Å². The molecule has 3 rings (SSSR count). The minimum Gasteiger partial charge on any atom is -0.453 e. The van der Waals surface area contributed by atoms with Gasteiger partial charge in [0.05, 0.1) is 29.6 Å². The van der Waals surface area contributed by atoms with E-state index in [0.29, 0.717) is 29.7 Å². The van der Waals surface area contributed by atoms with Gasteiger partial charge in [0.1, 0.15) is 0 Å². The summed E-state index contributed by atoms with van der Waals surface area (Å²) in [7, 11) is 1.38. The maximum atomic E-state index is 13.0. The summed E-state index contributed by atoms with van der Waals surface area (Å²) in [5, 5.41) is 4.37. The molecule has 2 amide bonds. The molecule has 0 aliphatic carbocycles. The van der Waals surface area contributed by atoms with Gasteiger partial charge in [-0.3, -0.25) is 4.79 Å². The topological polar surface area (TPSA) is 61.9 Å². The molecule has 1 aromatic carbocycles. The fourth-order valence-electron chi connectivity index (χ4n) is 3.78. The quantitative estimate of drug-likeness (QED) is 0.752. The van der Waals surface area contributed by atoms with Gasteiger partial charge in [-0.2, -0.15) is 0 Å². The third-order valence-corrected chi connectivity index (χ3v) is 5.98. The monoisotopic (exact) mass is 425 g/mol. The lowest BCUT2D eigenvalue weighted by molar-refractivity contribution is -0.135. The third kappa shape index (κ3) is 5.19. The highest BCUT2D eigenvalue weighted by Crippen LogP contribution is 2.24. The first-order valence-electron chi connectivity index (χ1n) is 9.42. The number of carbonyl (C=O) groups excluding carboxylic acids is 2. The summed E-state index contributed by atoms with van der Waals surface area (Å²) in [6, 6.07) is 5.48. The Bertz CT molecular complexity index is 756. The summed E-state index contributed by atoms with van der Waals surface area (Å²) in [4.78, 5) is 28.6. The molecule has 2 unspecified atom stereocenters. The predicted octanol–water partition coefficient (Wildman–Crippen LogP) is 3.12. The normalized spacial score (nSPS) is 22.2. The molecule has 0 bridgehead atoms. The van der Waals surface area contributed by atoms with Gasteiger partial charge >= 0.3 is 6.09 Å². The van der Waals surface area contributed by atoms with Crippen molar-refractivity contribution < 1.29 is 14.3 Å². The van der Waals surface area contributed by atoms with Gasteiger partial charge in [-0.1, -0.05) is 41.4 Å². The molecule has 1 fully saturated rings. The first-order valence-corrected chi connectivity index (χ1v) is 10.2. The van der Waals surface area contributed by atoms with E-state index >= 15 is 0 Å². The highest BCUT2D eigenvalue weighted by molar-refractivity contribution is 6.42. The van der Waals surface area contributed by atoms with Crippen molar-refractivity contribution in [3.8, 4) is 0 Å². The van der Waals surface area contributed by atoms with Crippen LogP contribution in [0.2, 0.25) is 10.0 Å². The Hall–Kier alpha value is -1.76. The second-order valence-corrected chi connectivity index (χ2v) is 7.94. The van der Waals surface area contributed by atoms with Crippen molar-refractivity contribution in [2.24, 2.45) is 0 Å². The van der Waals surface area contributed by atoms with E-state index in [9.17, 15) is 9.59 Å². The van der Waals surface area contributed by atoms with Crippen molar-refractivity contribution in [1.29, 1.82) is 0 Å². The fourth-order valence-corrected chi connectivity index (χ4v) is 4.10. The first kappa shape index (κ1) is 21.0. The number of benzene rings is 1. The third-order valence-electron chi connectivity index (χ3n) is 5.24. The Morgan fingerprint density at radius 3 is 2.71 bits per heavy atom. The number of halogens is 2. The van der Waals surface area contributed by atoms with Gasteiger partial charge in [0, 0.05) is 32.2 Å². The van der Waals surface area contributed by atoms with Crippen LogP contribution in [-0.4, -0.2) is 67.2 Å². The number of hydrogen-bond donors (Lipinski definition) is 1. The van der Waals surface area contributed by atoms with Crippen LogP contribution in [0.3, 0.4) is 0 Å². The van der Waals surface area contributed by atoms with Crippen LogP contribution in [-0.2, 0) is 16.0 Å². The molecule has 2 aliphatic heterocycles. The standard InChI is InChI=1S/C20H25Cl2N3O3/c1-28-20(27)24-8-9-25(16(13-24)12-15-4-2-3-7-23-15)19(26)11-14-5-6-17(21)18(22)10-14/h2-3,5-6,10,15-16,23H,4,7-9,11-13H2,1H3. The highest BCUT2D eigenvalue weighted by Gasteiger charge is 2.34. The number of nitrogens with zero attached hydrogens (tertiary/aromatic N) is 2. The molecule has 2 heterocycles. The van der Waals surface area contributed by atoms with E-state index in [4.69, 9.17) is 27.9 Å². The van der Waals surface area contributed by atoms with Gasteiger partial charge in [-0.15, -0.1) is 0 Å². The Labute approximate surface area is 175 Å². The number of hydrogen-bond acceptors (Lipinski definition) is 4. The molecule has 2 aliphatic rings. The maximum absolute atomic E-state index is 13.0. The molecule has 0 spiro atoms. The Kier molecular flexibility index (Phi) is 7.21. The average Bonchev–Trinajstić information content (AvgIpc) is 2.70. The van der Waals surface area contributed by atoms with Gasteiger partial charge in [-0.05, 0) is 30.5 Å². The van der Waals surface area contributed by atoms with Gasteiger partial charge in [0.15, 0.2) is 0 Å². The summed E-state index contributed by atoms with van der Waals surface area (Å²) >= 11 is 12.0. The van der Waals surface area contributed by atoms with Gasteiger partial charge in [0.25, 0.3) is 0 Å². The highest BCUT2D eigenvalue weighted by atomic mass is 35.5. The molecular weight excluding hydrogens is 401 g/mol. The van der Waals surface area contributed by atoms with E-state index in [1.54, 1.807) is 17.0 Å². The number of methoxy groups -OCH3 is 1. The minimum absolute atomic E-state index is 0.0271. The van der Waals surface area contributed by atoms with Crippen LogP contribution in [0.5, 0.6) is 0 Å². The Balaban J connectivity index is 1.71. The van der Waals surface area contributed by atoms with Crippen LogP contribution in [0.4, 0.5) is 4.79 Å². The number of rotatable bonds is 4. The summed E-state index contributed by atoms with van der Waals surface area (Å²) in [6.07, 6.45) is 5.87. The molecule has 2 atom stereocenters. The lowest BCUT2D eigenvalue weighted by Crippen LogP contribution is -2.58. The van der Waals surface area contributed by atoms with Crippen LogP contribution >= 0.6 is 23.2 Å². The molecule has 1 N–H and O–H groups in total. The van der Waals surface area contributed by atoms with Crippen molar-refractivity contribution in [3.05, 3.63) is 46.0 Å². The zero-order chi connectivity index (χ0) is 20.1. The van der Waals surface area contributed by atoms with Gasteiger partial charge in [0.2, 0.25) is 5.91 Å². The van der Waals surface area contributed by atoms with Crippen LogP contribution in [0, 0.1) is 0 Å². The first-order chi connectivity index (χ1) is 13.5. The SMILES string of the molecule is COC(=O)N1CCN(C(=O)Cc2ccc(Cl)c(Cl)c2)C(CC2CC=CCN2)C1. The summed E-state index contributed by atoms with van der Waals surface area (Å²) in [5.41, 5.74) is 0.826.